The molecule has 0 aliphatic carbocycles. The number of methoxy groups -OCH3 is 1. The predicted octanol–water partition coefficient (Wildman–Crippen LogP) is 2.32. The van der Waals surface area contributed by atoms with Crippen LogP contribution < -0.4 is 5.32 Å². The molecular formula is C12H24ClN3O. The zero-order chi connectivity index (χ0) is 12.0. The number of aromatic nitrogens is 2. The van der Waals surface area contributed by atoms with Gasteiger partial charge in [0.15, 0.2) is 0 Å². The van der Waals surface area contributed by atoms with Crippen LogP contribution in [0.3, 0.4) is 0 Å². The van der Waals surface area contributed by atoms with Crippen molar-refractivity contribution in [2.45, 2.75) is 39.8 Å². The third-order valence-corrected chi connectivity index (χ3v) is 2.56. The van der Waals surface area contributed by atoms with E-state index in [0.717, 1.165) is 31.8 Å². The topological polar surface area (TPSA) is 39.1 Å². The Kier molecular flexibility index (Phi) is 8.21. The molecule has 4 nitrogen and oxygen atoms in total. The number of nitrogens with zero attached hydrogens (tertiary/aromatic N) is 2. The molecule has 5 heteroatoms. The lowest BCUT2D eigenvalue weighted by Crippen LogP contribution is -2.16. The van der Waals surface area contributed by atoms with Gasteiger partial charge in [0.1, 0.15) is 0 Å². The Bertz CT molecular complexity index is 313. The van der Waals surface area contributed by atoms with Crippen LogP contribution in [0.5, 0.6) is 0 Å². The highest BCUT2D eigenvalue weighted by Gasteiger charge is 2.06. The molecular weight excluding hydrogens is 238 g/mol. The molecule has 0 bridgehead atoms. The van der Waals surface area contributed by atoms with Gasteiger partial charge < -0.3 is 10.1 Å². The molecule has 0 aliphatic heterocycles. The van der Waals surface area contributed by atoms with Crippen LogP contribution in [0.15, 0.2) is 6.20 Å². The average Bonchev–Trinajstić information content (AvgIpc) is 2.60. The van der Waals surface area contributed by atoms with Crippen LogP contribution >= 0.6 is 12.4 Å². The Hall–Kier alpha value is -0.580. The summed E-state index contributed by atoms with van der Waals surface area (Å²) in [6, 6.07) is 0.431. The maximum Gasteiger partial charge on any atom is 0.0638 e. The molecule has 1 N–H and O–H groups in total. The lowest BCUT2D eigenvalue weighted by Gasteiger charge is -2.04. The average molecular weight is 262 g/mol. The molecule has 0 saturated heterocycles. The number of ether oxygens (including phenoxy) is 1. The summed E-state index contributed by atoms with van der Waals surface area (Å²) in [5, 5.41) is 7.87. The zero-order valence-corrected chi connectivity index (χ0v) is 12.0. The van der Waals surface area contributed by atoms with Crippen LogP contribution in [0.2, 0.25) is 0 Å². The fourth-order valence-corrected chi connectivity index (χ4v) is 1.52. The molecule has 0 fully saturated rings. The Labute approximate surface area is 110 Å². The van der Waals surface area contributed by atoms with E-state index in [0.29, 0.717) is 6.04 Å². The first-order chi connectivity index (χ1) is 7.65. The molecule has 0 atom stereocenters. The van der Waals surface area contributed by atoms with Gasteiger partial charge in [0.2, 0.25) is 0 Å². The maximum atomic E-state index is 5.00. The van der Waals surface area contributed by atoms with Gasteiger partial charge in [-0.15, -0.1) is 12.4 Å². The van der Waals surface area contributed by atoms with Crippen molar-refractivity contribution in [2.24, 2.45) is 0 Å². The van der Waals surface area contributed by atoms with E-state index in [1.165, 1.54) is 5.56 Å². The monoisotopic (exact) mass is 261 g/mol. The largest absolute Gasteiger partial charge is 0.385 e. The molecule has 1 aromatic rings. The van der Waals surface area contributed by atoms with Crippen LogP contribution in [-0.2, 0) is 11.3 Å². The fraction of sp³-hybridized carbons (Fsp3) is 0.750. The molecule has 1 aromatic heterocycles. The van der Waals surface area contributed by atoms with E-state index >= 15 is 0 Å². The summed E-state index contributed by atoms with van der Waals surface area (Å²) in [4.78, 5) is 0. The normalized spacial score (nSPS) is 10.6. The summed E-state index contributed by atoms with van der Waals surface area (Å²) in [6.45, 7) is 9.04. The number of hydrogen-bond donors (Lipinski definition) is 1. The molecule has 0 aromatic carbocycles. The van der Waals surface area contributed by atoms with Gasteiger partial charge in [-0.2, -0.15) is 5.10 Å². The summed E-state index contributed by atoms with van der Waals surface area (Å²) in [5.41, 5.74) is 2.40. The van der Waals surface area contributed by atoms with Crippen LogP contribution in [0, 0.1) is 6.92 Å². The number of nitrogens with one attached hydrogen (secondary N) is 1. The minimum atomic E-state index is 0. The van der Waals surface area contributed by atoms with Gasteiger partial charge in [-0.25, -0.2) is 0 Å². The van der Waals surface area contributed by atoms with Crippen molar-refractivity contribution in [1.29, 1.82) is 0 Å². The van der Waals surface area contributed by atoms with E-state index in [9.17, 15) is 0 Å². The highest BCUT2D eigenvalue weighted by Crippen LogP contribution is 2.09. The molecule has 1 heterocycles. The Morgan fingerprint density at radius 2 is 2.18 bits per heavy atom. The summed E-state index contributed by atoms with van der Waals surface area (Å²) in [5.74, 6) is 0. The molecule has 0 saturated carbocycles. The zero-order valence-electron chi connectivity index (χ0n) is 11.2. The molecule has 0 amide bonds. The van der Waals surface area contributed by atoms with Gasteiger partial charge >= 0.3 is 0 Å². The van der Waals surface area contributed by atoms with Crippen molar-refractivity contribution in [2.75, 3.05) is 20.3 Å². The van der Waals surface area contributed by atoms with Gasteiger partial charge in [-0.3, -0.25) is 4.68 Å². The molecule has 0 aliphatic rings. The number of aryl methyl sites for hydroxylation is 1. The van der Waals surface area contributed by atoms with E-state index in [1.807, 2.05) is 4.68 Å². The lowest BCUT2D eigenvalue weighted by molar-refractivity contribution is 0.194. The van der Waals surface area contributed by atoms with Crippen LogP contribution in [0.1, 0.15) is 37.6 Å². The van der Waals surface area contributed by atoms with E-state index in [-0.39, 0.29) is 12.4 Å². The molecule has 0 spiro atoms. The quantitative estimate of drug-likeness (QED) is 0.766. The van der Waals surface area contributed by atoms with Gasteiger partial charge in [0.05, 0.1) is 5.69 Å². The first-order valence-electron chi connectivity index (χ1n) is 5.89. The predicted molar refractivity (Wildman–Crippen MR) is 72.8 cm³/mol. The summed E-state index contributed by atoms with van der Waals surface area (Å²) < 4.78 is 7.01. The number of rotatable bonds is 7. The van der Waals surface area contributed by atoms with Crippen LogP contribution in [0.4, 0.5) is 0 Å². The second kappa shape index (κ2) is 8.50. The first-order valence-corrected chi connectivity index (χ1v) is 5.89. The standard InChI is InChI=1S/C12H23N3O.ClH/c1-10(2)15-9-12(11(3)14-15)8-13-6-5-7-16-4;/h9-10,13H,5-8H2,1-4H3;1H. The molecule has 0 radical (unpaired) electrons. The highest BCUT2D eigenvalue weighted by molar-refractivity contribution is 5.85. The van der Waals surface area contributed by atoms with Gasteiger partial charge in [-0.1, -0.05) is 0 Å². The molecule has 1 rings (SSSR count). The third kappa shape index (κ3) is 5.52. The summed E-state index contributed by atoms with van der Waals surface area (Å²) >= 11 is 0. The smallest absolute Gasteiger partial charge is 0.0638 e. The van der Waals surface area contributed by atoms with Crippen molar-refractivity contribution in [3.63, 3.8) is 0 Å². The fourth-order valence-electron chi connectivity index (χ4n) is 1.52. The van der Waals surface area contributed by atoms with Crippen molar-refractivity contribution in [3.05, 3.63) is 17.5 Å². The first kappa shape index (κ1) is 16.4. The SMILES string of the molecule is COCCCNCc1cn(C(C)C)nc1C.Cl. The summed E-state index contributed by atoms with van der Waals surface area (Å²) in [7, 11) is 1.73. The third-order valence-electron chi connectivity index (χ3n) is 2.56. The van der Waals surface area contributed by atoms with Gasteiger partial charge in [0, 0.05) is 38.1 Å². The number of hydrogen-bond acceptors (Lipinski definition) is 3. The second-order valence-electron chi connectivity index (χ2n) is 4.34. The van der Waals surface area contributed by atoms with E-state index in [1.54, 1.807) is 7.11 Å². The minimum absolute atomic E-state index is 0. The van der Waals surface area contributed by atoms with Gasteiger partial charge in [0.25, 0.3) is 0 Å². The molecule has 100 valence electrons. The van der Waals surface area contributed by atoms with Crippen molar-refractivity contribution in [1.82, 2.24) is 15.1 Å². The Balaban J connectivity index is 0.00000256. The Morgan fingerprint density at radius 3 is 2.71 bits per heavy atom. The van der Waals surface area contributed by atoms with E-state index < -0.39 is 0 Å². The van der Waals surface area contributed by atoms with Crippen LogP contribution in [-0.4, -0.2) is 30.0 Å². The second-order valence-corrected chi connectivity index (χ2v) is 4.34. The Morgan fingerprint density at radius 1 is 1.47 bits per heavy atom. The van der Waals surface area contributed by atoms with Crippen molar-refractivity contribution >= 4 is 12.4 Å². The highest BCUT2D eigenvalue weighted by atomic mass is 35.5. The number of halogens is 1. The lowest BCUT2D eigenvalue weighted by atomic mass is 10.2. The van der Waals surface area contributed by atoms with Crippen LogP contribution in [0.25, 0.3) is 0 Å². The van der Waals surface area contributed by atoms with Crippen molar-refractivity contribution < 1.29 is 4.74 Å². The maximum absolute atomic E-state index is 5.00. The summed E-state index contributed by atoms with van der Waals surface area (Å²) in [6.07, 6.45) is 3.18. The van der Waals surface area contributed by atoms with E-state index in [4.69, 9.17) is 4.74 Å². The minimum Gasteiger partial charge on any atom is -0.385 e. The van der Waals surface area contributed by atoms with Gasteiger partial charge in [-0.05, 0) is 33.7 Å². The molecule has 0 unspecified atom stereocenters. The van der Waals surface area contributed by atoms with Crippen molar-refractivity contribution in [3.8, 4) is 0 Å². The van der Waals surface area contributed by atoms with E-state index in [2.05, 4.69) is 37.4 Å². The molecule has 17 heavy (non-hydrogen) atoms.